The zero-order valence-electron chi connectivity index (χ0n) is 14.9. The summed E-state index contributed by atoms with van der Waals surface area (Å²) in [4.78, 5) is 15.5. The lowest BCUT2D eigenvalue weighted by atomic mass is 10.0. The highest BCUT2D eigenvalue weighted by Crippen LogP contribution is 2.32. The number of ether oxygens (including phenoxy) is 1. The van der Waals surface area contributed by atoms with E-state index in [0.717, 1.165) is 16.5 Å². The molecule has 2 N–H and O–H groups in total. The summed E-state index contributed by atoms with van der Waals surface area (Å²) in [6.45, 7) is 4.33. The molecule has 0 aliphatic heterocycles. The van der Waals surface area contributed by atoms with Crippen molar-refractivity contribution >= 4 is 22.5 Å². The van der Waals surface area contributed by atoms with Crippen LogP contribution in [0.15, 0.2) is 42.9 Å². The van der Waals surface area contributed by atoms with Crippen LogP contribution in [0.1, 0.15) is 12.5 Å². The van der Waals surface area contributed by atoms with Crippen molar-refractivity contribution in [3.05, 3.63) is 60.4 Å². The molecule has 0 bridgehead atoms. The number of fused-ring (bicyclic) bond motifs is 1. The Balaban J connectivity index is 1.64. The third-order valence-corrected chi connectivity index (χ3v) is 4.11. The molecule has 0 fully saturated rings. The maximum atomic E-state index is 14.8. The fourth-order valence-corrected chi connectivity index (χ4v) is 2.91. The van der Waals surface area contributed by atoms with Gasteiger partial charge in [0, 0.05) is 41.0 Å². The van der Waals surface area contributed by atoms with Gasteiger partial charge < -0.3 is 15.0 Å². The van der Waals surface area contributed by atoms with Crippen LogP contribution in [0, 0.1) is 18.9 Å². The second kappa shape index (κ2) is 7.03. The minimum atomic E-state index is -0.566. The second-order valence-electron chi connectivity index (χ2n) is 5.95. The van der Waals surface area contributed by atoms with E-state index in [2.05, 4.69) is 31.3 Å². The van der Waals surface area contributed by atoms with Gasteiger partial charge >= 0.3 is 0 Å². The number of hydrogen-bond acceptors (Lipinski definition) is 5. The van der Waals surface area contributed by atoms with E-state index in [4.69, 9.17) is 4.74 Å². The molecule has 1 radical (unpaired) electrons. The molecule has 4 aromatic rings. The Labute approximate surface area is 155 Å². The maximum Gasteiger partial charge on any atom is 0.222 e. The molecule has 6 nitrogen and oxygen atoms in total. The normalized spacial score (nSPS) is 10.9. The third kappa shape index (κ3) is 3.31. The monoisotopic (exact) mass is 362 g/mol. The quantitative estimate of drug-likeness (QED) is 0.514. The predicted octanol–water partition coefficient (Wildman–Crippen LogP) is 4.41. The Bertz CT molecular complexity index is 1090. The highest BCUT2D eigenvalue weighted by atomic mass is 19.1. The van der Waals surface area contributed by atoms with Crippen molar-refractivity contribution in [3.8, 4) is 17.0 Å². The first-order chi connectivity index (χ1) is 13.2. The van der Waals surface area contributed by atoms with Crippen LogP contribution >= 0.6 is 0 Å². The molecular formula is C20H17FN5O. The molecule has 4 aromatic heterocycles. The minimum Gasteiger partial charge on any atom is -0.478 e. The van der Waals surface area contributed by atoms with Crippen molar-refractivity contribution in [1.82, 2.24) is 19.9 Å². The van der Waals surface area contributed by atoms with Crippen molar-refractivity contribution in [2.24, 2.45) is 0 Å². The summed E-state index contributed by atoms with van der Waals surface area (Å²) in [5.74, 6) is 0.366. The summed E-state index contributed by atoms with van der Waals surface area (Å²) in [7, 11) is 0. The van der Waals surface area contributed by atoms with Gasteiger partial charge in [-0.2, -0.15) is 4.39 Å². The van der Waals surface area contributed by atoms with Gasteiger partial charge in [-0.25, -0.2) is 15.0 Å². The Hall–Kier alpha value is -3.48. The zero-order valence-corrected chi connectivity index (χ0v) is 14.9. The Morgan fingerprint density at radius 2 is 2.07 bits per heavy atom. The van der Waals surface area contributed by atoms with Crippen LogP contribution in [0.3, 0.4) is 0 Å². The highest BCUT2D eigenvalue weighted by molar-refractivity contribution is 5.94. The number of hydrogen-bond donors (Lipinski definition) is 2. The number of aryl methyl sites for hydroxylation is 1. The average Bonchev–Trinajstić information content (AvgIpc) is 3.13. The van der Waals surface area contributed by atoms with Crippen LogP contribution in [-0.4, -0.2) is 26.5 Å². The van der Waals surface area contributed by atoms with Crippen molar-refractivity contribution in [2.75, 3.05) is 11.9 Å². The van der Waals surface area contributed by atoms with E-state index in [1.54, 1.807) is 42.9 Å². The SMILES string of the molecule is CCOc1ccc(Nc2ccc(-c3c(C)cnc4[nH]c[c]c34)c(F)n2)cn1. The van der Waals surface area contributed by atoms with E-state index < -0.39 is 5.95 Å². The lowest BCUT2D eigenvalue weighted by Crippen LogP contribution is -2.00. The highest BCUT2D eigenvalue weighted by Gasteiger charge is 2.15. The number of halogens is 1. The maximum absolute atomic E-state index is 14.8. The van der Waals surface area contributed by atoms with Crippen LogP contribution in [0.2, 0.25) is 0 Å². The Kier molecular flexibility index (Phi) is 4.42. The van der Waals surface area contributed by atoms with Gasteiger partial charge in [0.15, 0.2) is 0 Å². The van der Waals surface area contributed by atoms with Crippen LogP contribution in [0.5, 0.6) is 5.88 Å². The molecule has 0 aliphatic carbocycles. The molecule has 4 rings (SSSR count). The molecule has 0 saturated heterocycles. The van der Waals surface area contributed by atoms with E-state index >= 15 is 0 Å². The minimum absolute atomic E-state index is 0.392. The zero-order chi connectivity index (χ0) is 18.8. The van der Waals surface area contributed by atoms with Crippen molar-refractivity contribution in [3.63, 3.8) is 0 Å². The van der Waals surface area contributed by atoms with E-state index in [1.807, 2.05) is 13.8 Å². The first kappa shape index (κ1) is 17.0. The van der Waals surface area contributed by atoms with Gasteiger partial charge in [0.05, 0.1) is 18.5 Å². The molecular weight excluding hydrogens is 345 g/mol. The fraction of sp³-hybridized carbons (Fsp3) is 0.150. The van der Waals surface area contributed by atoms with Crippen LogP contribution in [0.25, 0.3) is 22.2 Å². The number of aromatic nitrogens is 4. The lowest BCUT2D eigenvalue weighted by Gasteiger charge is -2.11. The van der Waals surface area contributed by atoms with Crippen LogP contribution in [0.4, 0.5) is 15.9 Å². The van der Waals surface area contributed by atoms with Gasteiger partial charge in [-0.1, -0.05) is 0 Å². The number of nitrogens with one attached hydrogen (secondary N) is 2. The summed E-state index contributed by atoms with van der Waals surface area (Å²) in [5.41, 5.74) is 3.36. The van der Waals surface area contributed by atoms with Crippen molar-refractivity contribution in [1.29, 1.82) is 0 Å². The molecule has 0 atom stereocenters. The molecule has 4 heterocycles. The van der Waals surface area contributed by atoms with E-state index in [0.29, 0.717) is 35.2 Å². The topological polar surface area (TPSA) is 75.7 Å². The third-order valence-electron chi connectivity index (χ3n) is 4.11. The molecule has 135 valence electrons. The van der Waals surface area contributed by atoms with Gasteiger partial charge in [0.1, 0.15) is 11.5 Å². The largest absolute Gasteiger partial charge is 0.478 e. The van der Waals surface area contributed by atoms with Crippen LogP contribution < -0.4 is 10.1 Å². The summed E-state index contributed by atoms with van der Waals surface area (Å²) in [5, 5.41) is 3.79. The predicted molar refractivity (Wildman–Crippen MR) is 102 cm³/mol. The molecule has 0 saturated carbocycles. The summed E-state index contributed by atoms with van der Waals surface area (Å²) in [6.07, 6.45) is 4.99. The molecule has 0 unspecified atom stereocenters. The molecule has 27 heavy (non-hydrogen) atoms. The fourth-order valence-electron chi connectivity index (χ4n) is 2.91. The lowest BCUT2D eigenvalue weighted by molar-refractivity contribution is 0.327. The average molecular weight is 362 g/mol. The number of nitrogens with zero attached hydrogens (tertiary/aromatic N) is 3. The number of anilines is 2. The number of rotatable bonds is 5. The molecule has 7 heteroatoms. The molecule has 0 aliphatic rings. The van der Waals surface area contributed by atoms with E-state index in [1.165, 1.54) is 0 Å². The molecule has 0 spiro atoms. The first-order valence-corrected chi connectivity index (χ1v) is 8.53. The van der Waals surface area contributed by atoms with Gasteiger partial charge in [0.25, 0.3) is 0 Å². The Morgan fingerprint density at radius 1 is 1.19 bits per heavy atom. The van der Waals surface area contributed by atoms with Crippen molar-refractivity contribution < 1.29 is 9.13 Å². The smallest absolute Gasteiger partial charge is 0.222 e. The van der Waals surface area contributed by atoms with Gasteiger partial charge in [0.2, 0.25) is 11.8 Å². The standard InChI is InChI=1S/C20H17FN5O/c1-3-27-17-7-4-13(11-23-17)25-16-6-5-14(19(21)26-16)18-12(2)10-24-20-15(18)8-9-22-20/h4-7,9-11H,3H2,1-2H3,(H,22,24)(H,25,26). The second-order valence-corrected chi connectivity index (χ2v) is 5.95. The molecule has 0 aromatic carbocycles. The van der Waals surface area contributed by atoms with Gasteiger partial charge in [-0.15, -0.1) is 0 Å². The summed E-state index contributed by atoms with van der Waals surface area (Å²) in [6, 6.07) is 10.1. The van der Waals surface area contributed by atoms with Gasteiger partial charge in [-0.05, 0) is 37.6 Å². The number of aromatic amines is 1. The van der Waals surface area contributed by atoms with E-state index in [9.17, 15) is 4.39 Å². The summed E-state index contributed by atoms with van der Waals surface area (Å²) < 4.78 is 20.1. The van der Waals surface area contributed by atoms with E-state index in [-0.39, 0.29) is 0 Å². The van der Waals surface area contributed by atoms with Crippen molar-refractivity contribution in [2.45, 2.75) is 13.8 Å². The van der Waals surface area contributed by atoms with Crippen LogP contribution in [-0.2, 0) is 0 Å². The van der Waals surface area contributed by atoms with Gasteiger partial charge in [-0.3, -0.25) is 0 Å². The Morgan fingerprint density at radius 3 is 2.81 bits per heavy atom. The molecule has 0 amide bonds. The number of pyridine rings is 3. The first-order valence-electron chi connectivity index (χ1n) is 8.53. The number of H-pyrrole nitrogens is 1. The summed E-state index contributed by atoms with van der Waals surface area (Å²) >= 11 is 0.